The fraction of sp³-hybridized carbons (Fsp3) is 0.308. The van der Waals surface area contributed by atoms with Crippen LogP contribution >= 0.6 is 0 Å². The Labute approximate surface area is 111 Å². The number of carbonyl (C=O) groups is 1. The monoisotopic (exact) mass is 259 g/mol. The number of amides is 1. The highest BCUT2D eigenvalue weighted by Crippen LogP contribution is 2.11. The molecule has 0 saturated carbocycles. The SMILES string of the molecule is CCNc1cccc(C(=O)Nc2cc(C)nn2C)n1. The molecule has 0 aromatic carbocycles. The van der Waals surface area contributed by atoms with Gasteiger partial charge in [-0.15, -0.1) is 0 Å². The van der Waals surface area contributed by atoms with E-state index in [9.17, 15) is 4.79 Å². The lowest BCUT2D eigenvalue weighted by Crippen LogP contribution is -2.16. The van der Waals surface area contributed by atoms with Crippen LogP contribution in [0.1, 0.15) is 23.1 Å². The number of nitrogens with one attached hydrogen (secondary N) is 2. The van der Waals surface area contributed by atoms with Crippen LogP contribution in [0.4, 0.5) is 11.6 Å². The molecule has 2 aromatic rings. The summed E-state index contributed by atoms with van der Waals surface area (Å²) in [6.07, 6.45) is 0. The zero-order valence-electron chi connectivity index (χ0n) is 11.3. The smallest absolute Gasteiger partial charge is 0.275 e. The first kappa shape index (κ1) is 13.1. The summed E-state index contributed by atoms with van der Waals surface area (Å²) in [5.74, 6) is 1.09. The van der Waals surface area contributed by atoms with Crippen molar-refractivity contribution in [2.75, 3.05) is 17.2 Å². The topological polar surface area (TPSA) is 71.8 Å². The van der Waals surface area contributed by atoms with Gasteiger partial charge in [-0.1, -0.05) is 6.07 Å². The maximum Gasteiger partial charge on any atom is 0.275 e. The number of aryl methyl sites for hydroxylation is 2. The van der Waals surface area contributed by atoms with Crippen LogP contribution < -0.4 is 10.6 Å². The first-order chi connectivity index (χ1) is 9.10. The number of nitrogens with zero attached hydrogens (tertiary/aromatic N) is 3. The number of aromatic nitrogens is 3. The van der Waals surface area contributed by atoms with Gasteiger partial charge in [-0.3, -0.25) is 9.48 Å². The average Bonchev–Trinajstić information content (AvgIpc) is 2.68. The molecule has 0 atom stereocenters. The lowest BCUT2D eigenvalue weighted by molar-refractivity contribution is 0.102. The van der Waals surface area contributed by atoms with Crippen molar-refractivity contribution in [1.29, 1.82) is 0 Å². The maximum atomic E-state index is 12.1. The van der Waals surface area contributed by atoms with Gasteiger partial charge in [0.25, 0.3) is 5.91 Å². The summed E-state index contributed by atoms with van der Waals surface area (Å²) in [4.78, 5) is 16.3. The van der Waals surface area contributed by atoms with Gasteiger partial charge in [0.05, 0.1) is 5.69 Å². The molecular formula is C13H17N5O. The number of anilines is 2. The molecule has 1 amide bonds. The molecule has 0 unspecified atom stereocenters. The maximum absolute atomic E-state index is 12.1. The molecule has 0 aliphatic carbocycles. The largest absolute Gasteiger partial charge is 0.370 e. The van der Waals surface area contributed by atoms with E-state index in [1.807, 2.05) is 26.0 Å². The zero-order valence-corrected chi connectivity index (χ0v) is 11.3. The first-order valence-electron chi connectivity index (χ1n) is 6.13. The third-order valence-electron chi connectivity index (χ3n) is 2.58. The zero-order chi connectivity index (χ0) is 13.8. The van der Waals surface area contributed by atoms with Crippen molar-refractivity contribution in [2.45, 2.75) is 13.8 Å². The summed E-state index contributed by atoms with van der Waals surface area (Å²) in [6.45, 7) is 4.62. The summed E-state index contributed by atoms with van der Waals surface area (Å²) in [7, 11) is 1.78. The van der Waals surface area contributed by atoms with E-state index < -0.39 is 0 Å². The molecule has 6 heteroatoms. The Hall–Kier alpha value is -2.37. The predicted octanol–water partition coefficient (Wildman–Crippen LogP) is 1.81. The van der Waals surface area contributed by atoms with E-state index in [1.165, 1.54) is 0 Å². The quantitative estimate of drug-likeness (QED) is 0.878. The second-order valence-corrected chi connectivity index (χ2v) is 4.19. The standard InChI is InChI=1S/C13H17N5O/c1-4-14-11-7-5-6-10(15-11)13(19)16-12-8-9(2)17-18(12)3/h5-8H,4H2,1-3H3,(H,14,15)(H,16,19). The number of carbonyl (C=O) groups excluding carboxylic acids is 1. The fourth-order valence-corrected chi connectivity index (χ4v) is 1.75. The van der Waals surface area contributed by atoms with Gasteiger partial charge in [-0.25, -0.2) is 4.98 Å². The van der Waals surface area contributed by atoms with Gasteiger partial charge in [0.1, 0.15) is 17.3 Å². The van der Waals surface area contributed by atoms with Crippen molar-refractivity contribution < 1.29 is 4.79 Å². The van der Waals surface area contributed by atoms with Crippen molar-refractivity contribution >= 4 is 17.5 Å². The summed E-state index contributed by atoms with van der Waals surface area (Å²) in [6, 6.07) is 7.12. The van der Waals surface area contributed by atoms with Gasteiger partial charge in [-0.2, -0.15) is 5.10 Å². The van der Waals surface area contributed by atoms with Gasteiger partial charge < -0.3 is 10.6 Å². The van der Waals surface area contributed by atoms with Crippen molar-refractivity contribution in [2.24, 2.45) is 7.05 Å². The highest BCUT2D eigenvalue weighted by molar-refractivity contribution is 6.02. The Balaban J connectivity index is 2.15. The molecule has 100 valence electrons. The molecule has 2 aromatic heterocycles. The van der Waals surface area contributed by atoms with Crippen LogP contribution in [0.3, 0.4) is 0 Å². The Morgan fingerprint density at radius 2 is 2.21 bits per heavy atom. The molecule has 6 nitrogen and oxygen atoms in total. The van der Waals surface area contributed by atoms with Crippen LogP contribution in [-0.2, 0) is 7.05 Å². The molecule has 0 bridgehead atoms. The van der Waals surface area contributed by atoms with E-state index in [0.717, 1.165) is 12.2 Å². The van der Waals surface area contributed by atoms with Crippen molar-refractivity contribution in [3.63, 3.8) is 0 Å². The van der Waals surface area contributed by atoms with E-state index in [1.54, 1.807) is 23.9 Å². The van der Waals surface area contributed by atoms with Crippen molar-refractivity contribution in [3.8, 4) is 0 Å². The minimum absolute atomic E-state index is 0.247. The predicted molar refractivity (Wildman–Crippen MR) is 74.3 cm³/mol. The van der Waals surface area contributed by atoms with E-state index in [-0.39, 0.29) is 5.91 Å². The molecule has 0 saturated heterocycles. The minimum atomic E-state index is -0.247. The molecule has 19 heavy (non-hydrogen) atoms. The lowest BCUT2D eigenvalue weighted by Gasteiger charge is -2.06. The van der Waals surface area contributed by atoms with Crippen LogP contribution in [0.5, 0.6) is 0 Å². The number of hydrogen-bond donors (Lipinski definition) is 2. The number of hydrogen-bond acceptors (Lipinski definition) is 4. The Bertz CT molecular complexity index is 590. The molecule has 0 radical (unpaired) electrons. The van der Waals surface area contributed by atoms with Crippen LogP contribution in [-0.4, -0.2) is 27.2 Å². The molecule has 0 fully saturated rings. The molecular weight excluding hydrogens is 242 g/mol. The summed E-state index contributed by atoms with van der Waals surface area (Å²) < 4.78 is 1.63. The summed E-state index contributed by atoms with van der Waals surface area (Å²) in [5, 5.41) is 10.0. The average molecular weight is 259 g/mol. The third kappa shape index (κ3) is 3.09. The second kappa shape index (κ2) is 5.51. The van der Waals surface area contributed by atoms with Gasteiger partial charge in [-0.05, 0) is 26.0 Å². The molecule has 2 N–H and O–H groups in total. The van der Waals surface area contributed by atoms with Crippen molar-refractivity contribution in [1.82, 2.24) is 14.8 Å². The summed E-state index contributed by atoms with van der Waals surface area (Å²) >= 11 is 0. The minimum Gasteiger partial charge on any atom is -0.370 e. The molecule has 0 aliphatic rings. The van der Waals surface area contributed by atoms with Gasteiger partial charge in [0.2, 0.25) is 0 Å². The van der Waals surface area contributed by atoms with Crippen LogP contribution in [0.15, 0.2) is 24.3 Å². The normalized spacial score (nSPS) is 10.3. The first-order valence-corrected chi connectivity index (χ1v) is 6.13. The van der Waals surface area contributed by atoms with Gasteiger partial charge in [0, 0.05) is 19.7 Å². The molecule has 2 heterocycles. The van der Waals surface area contributed by atoms with Crippen LogP contribution in [0.25, 0.3) is 0 Å². The number of rotatable bonds is 4. The third-order valence-corrected chi connectivity index (χ3v) is 2.58. The highest BCUT2D eigenvalue weighted by atomic mass is 16.2. The lowest BCUT2D eigenvalue weighted by atomic mass is 10.3. The van der Waals surface area contributed by atoms with E-state index in [2.05, 4.69) is 20.7 Å². The molecule has 2 rings (SSSR count). The molecule has 0 aliphatic heterocycles. The van der Waals surface area contributed by atoms with Gasteiger partial charge >= 0.3 is 0 Å². The van der Waals surface area contributed by atoms with E-state index >= 15 is 0 Å². The second-order valence-electron chi connectivity index (χ2n) is 4.19. The van der Waals surface area contributed by atoms with Gasteiger partial charge in [0.15, 0.2) is 0 Å². The Morgan fingerprint density at radius 1 is 1.42 bits per heavy atom. The van der Waals surface area contributed by atoms with E-state index in [4.69, 9.17) is 0 Å². The van der Waals surface area contributed by atoms with Crippen LogP contribution in [0.2, 0.25) is 0 Å². The van der Waals surface area contributed by atoms with Crippen LogP contribution in [0, 0.1) is 6.92 Å². The van der Waals surface area contributed by atoms with Crippen molar-refractivity contribution in [3.05, 3.63) is 35.7 Å². The van der Waals surface area contributed by atoms with E-state index in [0.29, 0.717) is 17.3 Å². The highest BCUT2D eigenvalue weighted by Gasteiger charge is 2.11. The molecule has 0 spiro atoms. The fourth-order valence-electron chi connectivity index (χ4n) is 1.75. The Kier molecular flexibility index (Phi) is 3.79. The number of pyridine rings is 1. The summed E-state index contributed by atoms with van der Waals surface area (Å²) in [5.41, 5.74) is 1.23. The Morgan fingerprint density at radius 3 is 2.84 bits per heavy atom.